The van der Waals surface area contributed by atoms with E-state index in [4.69, 9.17) is 4.74 Å². The molecule has 0 saturated heterocycles. The van der Waals surface area contributed by atoms with Gasteiger partial charge < -0.3 is 15.2 Å². The van der Waals surface area contributed by atoms with E-state index in [9.17, 15) is 9.90 Å². The molecule has 1 amide bonds. The van der Waals surface area contributed by atoms with Crippen LogP contribution in [-0.4, -0.2) is 17.6 Å². The van der Waals surface area contributed by atoms with Gasteiger partial charge in [0.15, 0.2) is 0 Å². The summed E-state index contributed by atoms with van der Waals surface area (Å²) in [6.07, 6.45) is -0.767. The number of carbonyl (C=O) groups is 1. The van der Waals surface area contributed by atoms with Crippen molar-refractivity contribution in [1.29, 1.82) is 0 Å². The van der Waals surface area contributed by atoms with Gasteiger partial charge in [0.1, 0.15) is 12.4 Å². The van der Waals surface area contributed by atoms with Gasteiger partial charge in [0, 0.05) is 12.0 Å². The van der Waals surface area contributed by atoms with Gasteiger partial charge in [0.2, 0.25) is 5.91 Å². The highest BCUT2D eigenvalue weighted by molar-refractivity contribution is 5.81. The third-order valence-corrected chi connectivity index (χ3v) is 3.63. The summed E-state index contributed by atoms with van der Waals surface area (Å²) >= 11 is 0. The van der Waals surface area contributed by atoms with Gasteiger partial charge in [-0.2, -0.15) is 0 Å². The van der Waals surface area contributed by atoms with Gasteiger partial charge in [-0.15, -0.1) is 0 Å². The maximum Gasteiger partial charge on any atom is 0.225 e. The topological polar surface area (TPSA) is 58.6 Å². The monoisotopic (exact) mass is 327 g/mol. The quantitative estimate of drug-likeness (QED) is 0.854. The number of benzene rings is 2. The smallest absolute Gasteiger partial charge is 0.225 e. The molecule has 0 aromatic heterocycles. The molecule has 128 valence electrons. The van der Waals surface area contributed by atoms with Crippen molar-refractivity contribution in [2.24, 2.45) is 5.41 Å². The molecule has 0 radical (unpaired) electrons. The summed E-state index contributed by atoms with van der Waals surface area (Å²) in [7, 11) is 0. The Morgan fingerprint density at radius 2 is 1.83 bits per heavy atom. The highest BCUT2D eigenvalue weighted by atomic mass is 16.5. The highest BCUT2D eigenvalue weighted by Crippen LogP contribution is 2.20. The van der Waals surface area contributed by atoms with Crippen molar-refractivity contribution < 1.29 is 14.6 Å². The number of nitrogens with one attached hydrogen (secondary N) is 1. The largest absolute Gasteiger partial charge is 0.489 e. The molecule has 1 unspecified atom stereocenters. The lowest BCUT2D eigenvalue weighted by Gasteiger charge is -2.20. The summed E-state index contributed by atoms with van der Waals surface area (Å²) in [5.41, 5.74) is 1.33. The molecule has 0 aliphatic heterocycles. The number of hydrogen-bond acceptors (Lipinski definition) is 3. The predicted octanol–water partition coefficient (Wildman–Crippen LogP) is 3.46. The van der Waals surface area contributed by atoms with E-state index < -0.39 is 11.5 Å². The van der Waals surface area contributed by atoms with Crippen molar-refractivity contribution in [3.63, 3.8) is 0 Å². The maximum atomic E-state index is 11.9. The molecule has 2 N–H and O–H groups in total. The Morgan fingerprint density at radius 3 is 2.50 bits per heavy atom. The summed E-state index contributed by atoms with van der Waals surface area (Å²) in [6, 6.07) is 17.2. The van der Waals surface area contributed by atoms with Crippen LogP contribution in [0.3, 0.4) is 0 Å². The number of ether oxygens (including phenoxy) is 1. The fraction of sp³-hybridized carbons (Fsp3) is 0.350. The Kier molecular flexibility index (Phi) is 5.99. The van der Waals surface area contributed by atoms with Gasteiger partial charge in [-0.3, -0.25) is 4.79 Å². The molecular formula is C20H25NO3. The van der Waals surface area contributed by atoms with Gasteiger partial charge in [-0.25, -0.2) is 0 Å². The minimum absolute atomic E-state index is 0.0852. The Bertz CT molecular complexity index is 662. The second kappa shape index (κ2) is 7.97. The predicted molar refractivity (Wildman–Crippen MR) is 94.6 cm³/mol. The zero-order chi connectivity index (χ0) is 17.6. The van der Waals surface area contributed by atoms with Crippen LogP contribution in [0.5, 0.6) is 5.75 Å². The zero-order valence-electron chi connectivity index (χ0n) is 14.5. The van der Waals surface area contributed by atoms with Crippen molar-refractivity contribution >= 4 is 5.91 Å². The second-order valence-electron chi connectivity index (χ2n) is 6.82. The van der Waals surface area contributed by atoms with Crippen molar-refractivity contribution in [3.05, 3.63) is 65.7 Å². The van der Waals surface area contributed by atoms with Gasteiger partial charge in [-0.05, 0) is 23.3 Å². The first-order chi connectivity index (χ1) is 11.4. The van der Waals surface area contributed by atoms with Crippen LogP contribution in [-0.2, 0) is 11.4 Å². The Hall–Kier alpha value is -2.33. The highest BCUT2D eigenvalue weighted by Gasteiger charge is 2.21. The van der Waals surface area contributed by atoms with Crippen LogP contribution < -0.4 is 10.1 Å². The van der Waals surface area contributed by atoms with Crippen LogP contribution >= 0.6 is 0 Å². The van der Waals surface area contributed by atoms with E-state index in [1.807, 2.05) is 69.3 Å². The molecule has 0 heterocycles. The third kappa shape index (κ3) is 5.39. The Labute approximate surface area is 143 Å². The first kappa shape index (κ1) is 18.0. The average molecular weight is 327 g/mol. The van der Waals surface area contributed by atoms with Crippen LogP contribution in [0.4, 0.5) is 0 Å². The fourth-order valence-corrected chi connectivity index (χ4v) is 2.12. The van der Waals surface area contributed by atoms with E-state index in [-0.39, 0.29) is 12.5 Å². The minimum atomic E-state index is -0.767. The van der Waals surface area contributed by atoms with Crippen molar-refractivity contribution in [2.75, 3.05) is 6.54 Å². The first-order valence-corrected chi connectivity index (χ1v) is 8.09. The number of carbonyl (C=O) groups excluding carboxylic acids is 1. The number of amides is 1. The van der Waals surface area contributed by atoms with Crippen LogP contribution in [0.25, 0.3) is 0 Å². The number of aliphatic hydroxyl groups excluding tert-OH is 1. The molecule has 0 fully saturated rings. The summed E-state index contributed by atoms with van der Waals surface area (Å²) < 4.78 is 5.76. The summed E-state index contributed by atoms with van der Waals surface area (Å²) in [6.45, 7) is 6.17. The molecule has 24 heavy (non-hydrogen) atoms. The molecule has 0 saturated carbocycles. The number of rotatable bonds is 6. The van der Waals surface area contributed by atoms with E-state index >= 15 is 0 Å². The van der Waals surface area contributed by atoms with Crippen LogP contribution in [0.15, 0.2) is 54.6 Å². The molecule has 0 bridgehead atoms. The van der Waals surface area contributed by atoms with Gasteiger partial charge in [-0.1, -0.05) is 63.2 Å². The third-order valence-electron chi connectivity index (χ3n) is 3.63. The molecule has 0 spiro atoms. The number of aliphatic hydroxyl groups is 1. The molecule has 4 heteroatoms. The maximum absolute atomic E-state index is 11.9. The van der Waals surface area contributed by atoms with Crippen LogP contribution in [0.2, 0.25) is 0 Å². The normalized spacial score (nSPS) is 12.5. The van der Waals surface area contributed by atoms with Crippen molar-refractivity contribution in [2.45, 2.75) is 33.5 Å². The number of hydrogen-bond donors (Lipinski definition) is 2. The molecule has 4 nitrogen and oxygen atoms in total. The molecule has 1 atom stereocenters. The van der Waals surface area contributed by atoms with E-state index in [2.05, 4.69) is 5.32 Å². The second-order valence-corrected chi connectivity index (χ2v) is 6.82. The molecular weight excluding hydrogens is 302 g/mol. The fourth-order valence-electron chi connectivity index (χ4n) is 2.12. The summed E-state index contributed by atoms with van der Waals surface area (Å²) in [5, 5.41) is 13.0. The van der Waals surface area contributed by atoms with E-state index in [0.29, 0.717) is 12.4 Å². The van der Waals surface area contributed by atoms with Gasteiger partial charge in [0.05, 0.1) is 6.10 Å². The SMILES string of the molecule is CC(C)(C)C(=O)NCC(O)c1cccc(OCc2ccccc2)c1. The van der Waals surface area contributed by atoms with Crippen LogP contribution in [0.1, 0.15) is 38.0 Å². The average Bonchev–Trinajstić information content (AvgIpc) is 2.58. The lowest BCUT2D eigenvalue weighted by Crippen LogP contribution is -2.37. The lowest BCUT2D eigenvalue weighted by atomic mass is 9.95. The van der Waals surface area contributed by atoms with E-state index in [0.717, 1.165) is 11.1 Å². The molecule has 0 aliphatic carbocycles. The first-order valence-electron chi connectivity index (χ1n) is 8.09. The molecule has 2 rings (SSSR count). The van der Waals surface area contributed by atoms with Gasteiger partial charge in [0.25, 0.3) is 0 Å². The van der Waals surface area contributed by atoms with Crippen LogP contribution in [0, 0.1) is 5.41 Å². The Morgan fingerprint density at radius 1 is 1.12 bits per heavy atom. The molecule has 0 aliphatic rings. The van der Waals surface area contributed by atoms with E-state index in [1.54, 1.807) is 6.07 Å². The van der Waals surface area contributed by atoms with Crippen molar-refractivity contribution in [1.82, 2.24) is 5.32 Å². The summed E-state index contributed by atoms with van der Waals surface area (Å²) in [5.74, 6) is 0.607. The summed E-state index contributed by atoms with van der Waals surface area (Å²) in [4.78, 5) is 11.9. The zero-order valence-corrected chi connectivity index (χ0v) is 14.5. The lowest BCUT2D eigenvalue weighted by molar-refractivity contribution is -0.128. The standard InChI is InChI=1S/C20H25NO3/c1-20(2,3)19(23)21-13-18(22)16-10-7-11-17(12-16)24-14-15-8-5-4-6-9-15/h4-12,18,22H,13-14H2,1-3H3,(H,21,23). The molecule has 2 aromatic rings. The van der Waals surface area contributed by atoms with Crippen molar-refractivity contribution in [3.8, 4) is 5.75 Å². The van der Waals surface area contributed by atoms with E-state index in [1.165, 1.54) is 0 Å². The van der Waals surface area contributed by atoms with Gasteiger partial charge >= 0.3 is 0 Å². The molecule has 2 aromatic carbocycles. The Balaban J connectivity index is 1.93. The minimum Gasteiger partial charge on any atom is -0.489 e.